The molecule has 0 N–H and O–H groups in total. The average molecular weight is 523 g/mol. The molecule has 1 fully saturated rings. The summed E-state index contributed by atoms with van der Waals surface area (Å²) < 4.78 is 34.2. The molecule has 1 aliphatic rings. The van der Waals surface area contributed by atoms with Gasteiger partial charge < -0.3 is 9.64 Å². The summed E-state index contributed by atoms with van der Waals surface area (Å²) in [4.78, 5) is 15.3. The predicted molar refractivity (Wildman–Crippen MR) is 145 cm³/mol. The number of rotatable bonds is 8. The van der Waals surface area contributed by atoms with Crippen molar-refractivity contribution in [3.05, 3.63) is 77.9 Å². The molecule has 0 saturated carbocycles. The number of amides is 1. The monoisotopic (exact) mass is 522 g/mol. The first-order chi connectivity index (χ1) is 17.6. The zero-order chi connectivity index (χ0) is 27.1. The molecule has 7 nitrogen and oxygen atoms in total. The minimum atomic E-state index is -3.55. The summed E-state index contributed by atoms with van der Waals surface area (Å²) in [5, 5.41) is 9.55. The minimum absolute atomic E-state index is 0.0194. The smallest absolute Gasteiger partial charge is 0.264 e. The molecule has 1 saturated heterocycles. The van der Waals surface area contributed by atoms with E-state index in [1.807, 2.05) is 49.1 Å². The van der Waals surface area contributed by atoms with E-state index in [1.165, 1.54) is 6.92 Å². The van der Waals surface area contributed by atoms with Gasteiger partial charge >= 0.3 is 0 Å². The molecule has 0 radical (unpaired) electrons. The largest absolute Gasteiger partial charge is 0.491 e. The summed E-state index contributed by atoms with van der Waals surface area (Å²) in [6, 6.07) is 23.4. The van der Waals surface area contributed by atoms with Gasteiger partial charge in [-0.05, 0) is 61.2 Å². The molecule has 196 valence electrons. The van der Waals surface area contributed by atoms with Crippen LogP contribution in [-0.2, 0) is 19.7 Å². The van der Waals surface area contributed by atoms with E-state index in [0.29, 0.717) is 30.8 Å². The number of carbonyl (C=O) groups is 1. The Morgan fingerprint density at radius 2 is 1.78 bits per heavy atom. The molecule has 0 bridgehead atoms. The summed E-state index contributed by atoms with van der Waals surface area (Å²) in [5.41, 5.74) is 1.29. The van der Waals surface area contributed by atoms with Crippen molar-refractivity contribution in [2.24, 2.45) is 0 Å². The Labute approximate surface area is 219 Å². The molecule has 0 aliphatic carbocycles. The molecule has 3 aromatic carbocycles. The third-order valence-electron chi connectivity index (χ3n) is 6.33. The van der Waals surface area contributed by atoms with Crippen LogP contribution in [0, 0.1) is 11.3 Å². The normalized spacial score (nSPS) is 17.2. The van der Waals surface area contributed by atoms with Gasteiger partial charge in [0.2, 0.25) is 0 Å². The second-order valence-corrected chi connectivity index (χ2v) is 11.1. The lowest BCUT2D eigenvalue weighted by Gasteiger charge is -2.31. The molecule has 0 unspecified atom stereocenters. The van der Waals surface area contributed by atoms with E-state index in [2.05, 4.69) is 24.3 Å². The van der Waals surface area contributed by atoms with Crippen molar-refractivity contribution in [1.29, 1.82) is 5.26 Å². The SMILES string of the molecule is CC#N.CC(C)Oc1cccc(C(=O)N2CC[C@](CCOS(C)(=O)=O)(c3cccc4ccccc34)C2)c1. The van der Waals surface area contributed by atoms with Crippen LogP contribution in [0.5, 0.6) is 5.75 Å². The molecule has 1 atom stereocenters. The minimum Gasteiger partial charge on any atom is -0.491 e. The summed E-state index contributed by atoms with van der Waals surface area (Å²) in [6.07, 6.45) is 2.30. The topological polar surface area (TPSA) is 96.7 Å². The van der Waals surface area contributed by atoms with Crippen molar-refractivity contribution < 1.29 is 22.1 Å². The number of nitrogens with zero attached hydrogens (tertiary/aromatic N) is 2. The highest BCUT2D eigenvalue weighted by Gasteiger charge is 2.42. The zero-order valence-corrected chi connectivity index (χ0v) is 22.6. The van der Waals surface area contributed by atoms with Crippen molar-refractivity contribution >= 4 is 26.8 Å². The number of likely N-dealkylation sites (tertiary alicyclic amines) is 1. The van der Waals surface area contributed by atoms with Crippen LogP contribution < -0.4 is 4.74 Å². The fourth-order valence-corrected chi connectivity index (χ4v) is 5.22. The van der Waals surface area contributed by atoms with E-state index < -0.39 is 15.5 Å². The maximum Gasteiger partial charge on any atom is 0.264 e. The Morgan fingerprint density at radius 1 is 1.11 bits per heavy atom. The summed E-state index contributed by atoms with van der Waals surface area (Å²) >= 11 is 0. The van der Waals surface area contributed by atoms with Crippen LogP contribution in [0.4, 0.5) is 0 Å². The van der Waals surface area contributed by atoms with Gasteiger partial charge in [0.25, 0.3) is 16.0 Å². The van der Waals surface area contributed by atoms with Gasteiger partial charge in [-0.25, -0.2) is 0 Å². The Bertz CT molecular complexity index is 1380. The van der Waals surface area contributed by atoms with Gasteiger partial charge in [0.15, 0.2) is 0 Å². The first-order valence-corrected chi connectivity index (χ1v) is 14.1. The number of hydrogen-bond acceptors (Lipinski definition) is 6. The average Bonchev–Trinajstić information content (AvgIpc) is 3.28. The zero-order valence-electron chi connectivity index (χ0n) is 21.8. The van der Waals surface area contributed by atoms with Gasteiger partial charge in [0.05, 0.1) is 25.0 Å². The number of ether oxygens (including phenoxy) is 1. The van der Waals surface area contributed by atoms with Crippen LogP contribution in [0.1, 0.15) is 49.5 Å². The lowest BCUT2D eigenvalue weighted by Crippen LogP contribution is -2.35. The van der Waals surface area contributed by atoms with Crippen LogP contribution in [0.2, 0.25) is 0 Å². The Hall–Kier alpha value is -3.41. The highest BCUT2D eigenvalue weighted by atomic mass is 32.2. The number of fused-ring (bicyclic) bond motifs is 1. The quantitative estimate of drug-likeness (QED) is 0.372. The maximum atomic E-state index is 13.4. The first-order valence-electron chi connectivity index (χ1n) is 12.3. The van der Waals surface area contributed by atoms with Crippen LogP contribution in [0.25, 0.3) is 10.8 Å². The predicted octanol–water partition coefficient (Wildman–Crippen LogP) is 5.31. The van der Waals surface area contributed by atoms with Crippen molar-refractivity contribution in [3.8, 4) is 11.8 Å². The third-order valence-corrected chi connectivity index (χ3v) is 6.93. The molecular formula is C29H34N2O5S. The Morgan fingerprint density at radius 3 is 2.49 bits per heavy atom. The third kappa shape index (κ3) is 7.31. The summed E-state index contributed by atoms with van der Waals surface area (Å²) in [7, 11) is -3.55. The highest BCUT2D eigenvalue weighted by molar-refractivity contribution is 7.85. The number of carbonyl (C=O) groups excluding carboxylic acids is 1. The van der Waals surface area contributed by atoms with E-state index in [1.54, 1.807) is 18.2 Å². The van der Waals surface area contributed by atoms with Crippen molar-refractivity contribution in [3.63, 3.8) is 0 Å². The fourth-order valence-electron chi connectivity index (χ4n) is 4.84. The fraction of sp³-hybridized carbons (Fsp3) is 0.379. The Kier molecular flexibility index (Phi) is 9.30. The molecule has 4 rings (SSSR count). The summed E-state index contributed by atoms with van der Waals surface area (Å²) in [6.45, 7) is 6.47. The molecule has 37 heavy (non-hydrogen) atoms. The second-order valence-electron chi connectivity index (χ2n) is 9.48. The molecule has 1 aliphatic heterocycles. The lowest BCUT2D eigenvalue weighted by molar-refractivity contribution is 0.0779. The second kappa shape index (κ2) is 12.2. The summed E-state index contributed by atoms with van der Waals surface area (Å²) in [5.74, 6) is 0.613. The van der Waals surface area contributed by atoms with Gasteiger partial charge in [-0.2, -0.15) is 13.7 Å². The van der Waals surface area contributed by atoms with E-state index in [0.717, 1.165) is 29.0 Å². The molecule has 1 amide bonds. The lowest BCUT2D eigenvalue weighted by atomic mass is 9.75. The molecule has 8 heteroatoms. The van der Waals surface area contributed by atoms with Gasteiger partial charge in [0, 0.05) is 31.0 Å². The van der Waals surface area contributed by atoms with Crippen molar-refractivity contribution in [2.45, 2.75) is 45.1 Å². The molecular weight excluding hydrogens is 488 g/mol. The van der Waals surface area contributed by atoms with Gasteiger partial charge in [-0.1, -0.05) is 48.5 Å². The van der Waals surface area contributed by atoms with Crippen LogP contribution in [-0.4, -0.2) is 51.3 Å². The van der Waals surface area contributed by atoms with E-state index in [9.17, 15) is 13.2 Å². The van der Waals surface area contributed by atoms with Crippen LogP contribution in [0.15, 0.2) is 66.7 Å². The maximum absolute atomic E-state index is 13.4. The standard InChI is InChI=1S/C27H31NO5S.C2H3N/c1-20(2)33-23-11-6-10-22(18-23)26(29)28-16-14-27(19-28,15-17-32-34(3,30)31)25-13-7-9-21-8-4-5-12-24(21)25;1-2-3/h4-13,18,20H,14-17,19H2,1-3H3;1H3/t27-;/m1./s1. The molecule has 0 aromatic heterocycles. The van der Waals surface area contributed by atoms with E-state index >= 15 is 0 Å². The Balaban J connectivity index is 0.00000121. The highest BCUT2D eigenvalue weighted by Crippen LogP contribution is 2.41. The molecule has 1 heterocycles. The van der Waals surface area contributed by atoms with Gasteiger partial charge in [-0.15, -0.1) is 0 Å². The number of nitriles is 1. The van der Waals surface area contributed by atoms with Gasteiger partial charge in [0.1, 0.15) is 5.75 Å². The molecule has 0 spiro atoms. The van der Waals surface area contributed by atoms with Crippen LogP contribution >= 0.6 is 0 Å². The van der Waals surface area contributed by atoms with Crippen LogP contribution in [0.3, 0.4) is 0 Å². The van der Waals surface area contributed by atoms with Crippen molar-refractivity contribution in [1.82, 2.24) is 4.90 Å². The first kappa shape index (κ1) is 28.2. The van der Waals surface area contributed by atoms with E-state index in [-0.39, 0.29) is 18.6 Å². The molecule has 3 aromatic rings. The van der Waals surface area contributed by atoms with Crippen molar-refractivity contribution in [2.75, 3.05) is 26.0 Å². The van der Waals surface area contributed by atoms with E-state index in [4.69, 9.17) is 14.2 Å². The number of benzene rings is 3. The van der Waals surface area contributed by atoms with Gasteiger partial charge in [-0.3, -0.25) is 8.98 Å². The number of hydrogen-bond donors (Lipinski definition) is 0.